The van der Waals surface area contributed by atoms with Crippen molar-refractivity contribution in [3.05, 3.63) is 24.3 Å². The molecule has 2 N–H and O–H groups in total. The van der Waals surface area contributed by atoms with Gasteiger partial charge in [-0.2, -0.15) is 0 Å². The highest BCUT2D eigenvalue weighted by atomic mass is 16.2. The second-order valence-electron chi connectivity index (χ2n) is 7.59. The van der Waals surface area contributed by atoms with Gasteiger partial charge >= 0.3 is 6.03 Å². The second kappa shape index (κ2) is 6.30. The van der Waals surface area contributed by atoms with Gasteiger partial charge in [0.1, 0.15) is 12.1 Å². The zero-order valence-corrected chi connectivity index (χ0v) is 15.0. The molecular weight excluding hydrogens is 332 g/mol. The molecule has 0 radical (unpaired) electrons. The second-order valence-corrected chi connectivity index (χ2v) is 7.59. The minimum Gasteiger partial charge on any atom is -0.372 e. The number of rotatable bonds is 5. The van der Waals surface area contributed by atoms with Crippen LogP contribution in [0.5, 0.6) is 0 Å². The van der Waals surface area contributed by atoms with Crippen LogP contribution in [0.15, 0.2) is 24.3 Å². The van der Waals surface area contributed by atoms with Crippen LogP contribution >= 0.6 is 0 Å². The fourth-order valence-electron chi connectivity index (χ4n) is 3.87. The molecule has 3 aliphatic rings. The van der Waals surface area contributed by atoms with Crippen molar-refractivity contribution in [3.63, 3.8) is 0 Å². The predicted molar refractivity (Wildman–Crippen MR) is 97.9 cm³/mol. The lowest BCUT2D eigenvalue weighted by atomic mass is 9.96. The molecule has 1 unspecified atom stereocenters. The fourth-order valence-corrected chi connectivity index (χ4v) is 3.87. The Morgan fingerprint density at radius 1 is 1.19 bits per heavy atom. The molecule has 3 fully saturated rings. The van der Waals surface area contributed by atoms with Gasteiger partial charge in [0.15, 0.2) is 0 Å². The Kier molecular flexibility index (Phi) is 4.09. The van der Waals surface area contributed by atoms with Crippen LogP contribution in [-0.4, -0.2) is 47.9 Å². The Morgan fingerprint density at radius 2 is 1.85 bits per heavy atom. The summed E-state index contributed by atoms with van der Waals surface area (Å²) in [5.74, 6) is -0.489. The van der Waals surface area contributed by atoms with Crippen molar-refractivity contribution in [1.29, 1.82) is 0 Å². The average Bonchev–Trinajstić information content (AvgIpc) is 3.30. The van der Waals surface area contributed by atoms with Crippen LogP contribution in [0.4, 0.5) is 16.2 Å². The van der Waals surface area contributed by atoms with Gasteiger partial charge in [0.2, 0.25) is 5.91 Å². The first-order valence-electron chi connectivity index (χ1n) is 9.26. The minimum atomic E-state index is -0.852. The number of nitrogens with one attached hydrogen (secondary N) is 2. The van der Waals surface area contributed by atoms with Crippen molar-refractivity contribution in [2.75, 3.05) is 29.9 Å². The van der Waals surface area contributed by atoms with Gasteiger partial charge in [0, 0.05) is 24.5 Å². The maximum absolute atomic E-state index is 12.6. The highest BCUT2D eigenvalue weighted by Crippen LogP contribution is 2.42. The molecule has 2 saturated heterocycles. The summed E-state index contributed by atoms with van der Waals surface area (Å²) in [4.78, 5) is 40.3. The van der Waals surface area contributed by atoms with Gasteiger partial charge in [0.05, 0.1) is 0 Å². The van der Waals surface area contributed by atoms with Crippen LogP contribution in [0.3, 0.4) is 0 Å². The number of amides is 4. The van der Waals surface area contributed by atoms with Crippen LogP contribution in [0.25, 0.3) is 0 Å². The maximum Gasteiger partial charge on any atom is 0.325 e. The van der Waals surface area contributed by atoms with E-state index < -0.39 is 11.6 Å². The Bertz CT molecular complexity index is 738. The lowest BCUT2D eigenvalue weighted by Gasteiger charge is -2.21. The van der Waals surface area contributed by atoms with Crippen LogP contribution in [-0.2, 0) is 9.59 Å². The molecule has 1 aromatic carbocycles. The van der Waals surface area contributed by atoms with Crippen molar-refractivity contribution < 1.29 is 14.4 Å². The van der Waals surface area contributed by atoms with Crippen LogP contribution in [0.1, 0.15) is 32.6 Å². The first-order chi connectivity index (χ1) is 12.5. The smallest absolute Gasteiger partial charge is 0.325 e. The third-order valence-corrected chi connectivity index (χ3v) is 5.62. The molecule has 0 spiro atoms. The van der Waals surface area contributed by atoms with E-state index in [0.717, 1.165) is 36.5 Å². The number of hydrogen-bond donors (Lipinski definition) is 2. The summed E-state index contributed by atoms with van der Waals surface area (Å²) >= 11 is 0. The van der Waals surface area contributed by atoms with E-state index in [4.69, 9.17) is 0 Å². The molecule has 7 nitrogen and oxygen atoms in total. The summed E-state index contributed by atoms with van der Waals surface area (Å²) in [6, 6.07) is 7.19. The van der Waals surface area contributed by atoms with Gasteiger partial charge < -0.3 is 15.5 Å². The molecule has 0 aromatic heterocycles. The van der Waals surface area contributed by atoms with E-state index in [1.54, 1.807) is 6.92 Å². The normalized spacial score (nSPS) is 25.6. The van der Waals surface area contributed by atoms with E-state index in [9.17, 15) is 14.4 Å². The molecule has 1 saturated carbocycles. The minimum absolute atomic E-state index is 0.185. The molecule has 4 amide bonds. The number of urea groups is 1. The third-order valence-electron chi connectivity index (χ3n) is 5.62. The number of carbonyl (C=O) groups excluding carboxylic acids is 3. The number of hydrogen-bond acceptors (Lipinski definition) is 4. The quantitative estimate of drug-likeness (QED) is 0.790. The van der Waals surface area contributed by atoms with E-state index in [-0.39, 0.29) is 24.3 Å². The topological polar surface area (TPSA) is 81.8 Å². The average molecular weight is 356 g/mol. The Hall–Kier alpha value is -2.57. The summed E-state index contributed by atoms with van der Waals surface area (Å²) in [5, 5.41) is 5.52. The van der Waals surface area contributed by atoms with Crippen LogP contribution < -0.4 is 15.5 Å². The highest BCUT2D eigenvalue weighted by molar-refractivity contribution is 6.10. The molecule has 1 atom stereocenters. The Morgan fingerprint density at radius 3 is 2.46 bits per heavy atom. The van der Waals surface area contributed by atoms with Crippen LogP contribution in [0, 0.1) is 5.92 Å². The van der Waals surface area contributed by atoms with Gasteiger partial charge in [-0.25, -0.2) is 4.79 Å². The van der Waals surface area contributed by atoms with E-state index in [2.05, 4.69) is 15.5 Å². The Labute approximate surface area is 152 Å². The first kappa shape index (κ1) is 16.9. The van der Waals surface area contributed by atoms with Crippen LogP contribution in [0.2, 0.25) is 0 Å². The third kappa shape index (κ3) is 3.02. The fraction of sp³-hybridized carbons (Fsp3) is 0.526. The summed E-state index contributed by atoms with van der Waals surface area (Å²) in [5.41, 5.74) is 0.958. The van der Waals surface area contributed by atoms with Gasteiger partial charge in [-0.1, -0.05) is 0 Å². The summed E-state index contributed by atoms with van der Waals surface area (Å²) < 4.78 is 0. The molecular formula is C19H24N4O3. The standard InChI is InChI=1S/C19H24N4O3/c1-19(13-4-5-13)17(25)23(18(26)21-19)12-16(24)20-14-6-8-15(9-7-14)22-10-2-3-11-22/h6-9,13H,2-5,10-12H2,1H3,(H,20,24)(H,21,26). The summed E-state index contributed by atoms with van der Waals surface area (Å²) in [6.45, 7) is 3.62. The molecule has 2 aliphatic heterocycles. The van der Waals surface area contributed by atoms with E-state index in [0.29, 0.717) is 5.69 Å². The van der Waals surface area contributed by atoms with Gasteiger partial charge in [-0.15, -0.1) is 0 Å². The molecule has 138 valence electrons. The maximum atomic E-state index is 12.6. The number of anilines is 2. The van der Waals surface area contributed by atoms with Crippen molar-refractivity contribution >= 4 is 29.2 Å². The number of imide groups is 1. The zero-order valence-electron chi connectivity index (χ0n) is 15.0. The number of carbonyl (C=O) groups is 3. The van der Waals surface area contributed by atoms with Crippen molar-refractivity contribution in [2.45, 2.75) is 38.1 Å². The van der Waals surface area contributed by atoms with Gasteiger partial charge in [-0.3, -0.25) is 14.5 Å². The number of benzene rings is 1. The molecule has 26 heavy (non-hydrogen) atoms. The zero-order chi connectivity index (χ0) is 18.3. The molecule has 1 aromatic rings. The molecule has 7 heteroatoms. The van der Waals surface area contributed by atoms with E-state index >= 15 is 0 Å². The Balaban J connectivity index is 1.36. The molecule has 1 aliphatic carbocycles. The van der Waals surface area contributed by atoms with Crippen molar-refractivity contribution in [3.8, 4) is 0 Å². The molecule has 2 heterocycles. The summed E-state index contributed by atoms with van der Waals surface area (Å²) in [6.07, 6.45) is 4.30. The predicted octanol–water partition coefficient (Wildman–Crippen LogP) is 1.95. The summed E-state index contributed by atoms with van der Waals surface area (Å²) in [7, 11) is 0. The highest BCUT2D eigenvalue weighted by Gasteiger charge is 2.56. The van der Waals surface area contributed by atoms with Gasteiger partial charge in [0.25, 0.3) is 5.91 Å². The molecule has 4 rings (SSSR count). The van der Waals surface area contributed by atoms with Crippen molar-refractivity contribution in [2.24, 2.45) is 5.92 Å². The first-order valence-corrected chi connectivity index (χ1v) is 9.26. The lowest BCUT2D eigenvalue weighted by molar-refractivity contribution is -0.134. The van der Waals surface area contributed by atoms with E-state index in [1.165, 1.54) is 12.8 Å². The lowest BCUT2D eigenvalue weighted by Crippen LogP contribution is -2.46. The van der Waals surface area contributed by atoms with E-state index in [1.807, 2.05) is 24.3 Å². The number of nitrogens with zero attached hydrogens (tertiary/aromatic N) is 2. The SMILES string of the molecule is CC1(C2CC2)NC(=O)N(CC(=O)Nc2ccc(N3CCCC3)cc2)C1=O. The van der Waals surface area contributed by atoms with Crippen molar-refractivity contribution in [1.82, 2.24) is 10.2 Å². The molecule has 0 bridgehead atoms. The van der Waals surface area contributed by atoms with Gasteiger partial charge in [-0.05, 0) is 62.8 Å². The monoisotopic (exact) mass is 356 g/mol. The largest absolute Gasteiger partial charge is 0.372 e.